The maximum absolute atomic E-state index is 13.5. The Kier molecular flexibility index (Phi) is 9.73. The minimum atomic E-state index is -3.74. The molecule has 7 nitrogen and oxygen atoms in total. The summed E-state index contributed by atoms with van der Waals surface area (Å²) in [6.45, 7) is 5.91. The van der Waals surface area contributed by atoms with Gasteiger partial charge in [0.2, 0.25) is 21.8 Å². The highest BCUT2D eigenvalue weighted by atomic mass is 35.5. The fourth-order valence-corrected chi connectivity index (χ4v) is 4.41. The van der Waals surface area contributed by atoms with Crippen LogP contribution in [0.15, 0.2) is 54.6 Å². The Morgan fingerprint density at radius 2 is 1.64 bits per heavy atom. The second kappa shape index (κ2) is 12.0. The van der Waals surface area contributed by atoms with Crippen molar-refractivity contribution in [2.24, 2.45) is 5.92 Å². The molecule has 2 aromatic rings. The van der Waals surface area contributed by atoms with Gasteiger partial charge in [0.05, 0.1) is 11.9 Å². The van der Waals surface area contributed by atoms with Crippen molar-refractivity contribution in [1.82, 2.24) is 10.2 Å². The summed E-state index contributed by atoms with van der Waals surface area (Å²) in [6.07, 6.45) is 1.42. The SMILES string of the molecule is CC[C@H](C(=O)NCC(C)C)N(Cc1ccccc1Cl)C(=O)CN(c1ccccc1)S(C)(=O)=O. The van der Waals surface area contributed by atoms with Crippen molar-refractivity contribution in [3.8, 4) is 0 Å². The minimum Gasteiger partial charge on any atom is -0.354 e. The number of halogens is 1. The Morgan fingerprint density at radius 3 is 2.18 bits per heavy atom. The number of sulfonamides is 1. The molecule has 33 heavy (non-hydrogen) atoms. The molecule has 0 aliphatic carbocycles. The van der Waals surface area contributed by atoms with Crippen LogP contribution in [-0.2, 0) is 26.2 Å². The van der Waals surface area contributed by atoms with Crippen LogP contribution >= 0.6 is 11.6 Å². The molecule has 1 N–H and O–H groups in total. The van der Waals surface area contributed by atoms with Gasteiger partial charge in [0.15, 0.2) is 0 Å². The van der Waals surface area contributed by atoms with Crippen molar-refractivity contribution in [2.45, 2.75) is 39.8 Å². The molecular formula is C24H32ClN3O4S. The summed E-state index contributed by atoms with van der Waals surface area (Å²) >= 11 is 6.33. The molecule has 0 aromatic heterocycles. The zero-order chi connectivity index (χ0) is 24.6. The number of nitrogens with one attached hydrogen (secondary N) is 1. The quantitative estimate of drug-likeness (QED) is 0.517. The maximum Gasteiger partial charge on any atom is 0.244 e. The van der Waals surface area contributed by atoms with Gasteiger partial charge in [0.25, 0.3) is 0 Å². The largest absolute Gasteiger partial charge is 0.354 e. The number of hydrogen-bond donors (Lipinski definition) is 1. The molecule has 0 aliphatic heterocycles. The summed E-state index contributed by atoms with van der Waals surface area (Å²) in [4.78, 5) is 27.9. The second-order valence-electron chi connectivity index (χ2n) is 8.28. The van der Waals surface area contributed by atoms with Gasteiger partial charge < -0.3 is 10.2 Å². The van der Waals surface area contributed by atoms with Gasteiger partial charge in [-0.1, -0.05) is 68.8 Å². The van der Waals surface area contributed by atoms with E-state index in [1.807, 2.05) is 20.8 Å². The van der Waals surface area contributed by atoms with Gasteiger partial charge >= 0.3 is 0 Å². The maximum atomic E-state index is 13.5. The van der Waals surface area contributed by atoms with E-state index in [-0.39, 0.29) is 18.4 Å². The van der Waals surface area contributed by atoms with Crippen molar-refractivity contribution in [1.29, 1.82) is 0 Å². The summed E-state index contributed by atoms with van der Waals surface area (Å²) in [5.74, 6) is -0.522. The number of carbonyl (C=O) groups is 2. The van der Waals surface area contributed by atoms with Gasteiger partial charge in [0.1, 0.15) is 12.6 Å². The summed E-state index contributed by atoms with van der Waals surface area (Å²) in [5.41, 5.74) is 1.05. The van der Waals surface area contributed by atoms with Crippen LogP contribution in [0, 0.1) is 5.92 Å². The summed E-state index contributed by atoms with van der Waals surface area (Å²) in [7, 11) is -3.74. The van der Waals surface area contributed by atoms with E-state index in [1.54, 1.807) is 54.6 Å². The average Bonchev–Trinajstić information content (AvgIpc) is 2.76. The zero-order valence-electron chi connectivity index (χ0n) is 19.5. The molecule has 2 aromatic carbocycles. The number of carbonyl (C=O) groups excluding carboxylic acids is 2. The summed E-state index contributed by atoms with van der Waals surface area (Å²) < 4.78 is 26.1. The Labute approximate surface area is 201 Å². The molecule has 180 valence electrons. The van der Waals surface area contributed by atoms with Crippen LogP contribution in [0.2, 0.25) is 5.02 Å². The molecule has 0 bridgehead atoms. The van der Waals surface area contributed by atoms with E-state index in [0.29, 0.717) is 29.2 Å². The monoisotopic (exact) mass is 493 g/mol. The Hall–Kier alpha value is -2.58. The molecule has 0 unspecified atom stereocenters. The van der Waals surface area contributed by atoms with Crippen LogP contribution in [0.25, 0.3) is 0 Å². The van der Waals surface area contributed by atoms with E-state index in [1.165, 1.54) is 4.90 Å². The van der Waals surface area contributed by atoms with E-state index < -0.39 is 28.5 Å². The number of rotatable bonds is 11. The molecule has 0 heterocycles. The predicted octanol–water partition coefficient (Wildman–Crippen LogP) is 3.69. The van der Waals surface area contributed by atoms with E-state index in [0.717, 1.165) is 10.6 Å². The number of benzene rings is 2. The van der Waals surface area contributed by atoms with Gasteiger partial charge in [-0.3, -0.25) is 13.9 Å². The van der Waals surface area contributed by atoms with Crippen LogP contribution in [0.5, 0.6) is 0 Å². The van der Waals surface area contributed by atoms with Gasteiger partial charge in [-0.05, 0) is 36.1 Å². The molecule has 0 spiro atoms. The van der Waals surface area contributed by atoms with Gasteiger partial charge in [-0.15, -0.1) is 0 Å². The third kappa shape index (κ3) is 7.75. The van der Waals surface area contributed by atoms with Crippen LogP contribution < -0.4 is 9.62 Å². The Morgan fingerprint density at radius 1 is 1.03 bits per heavy atom. The number of hydrogen-bond acceptors (Lipinski definition) is 4. The first-order valence-corrected chi connectivity index (χ1v) is 13.1. The summed E-state index contributed by atoms with van der Waals surface area (Å²) in [5, 5.41) is 3.35. The van der Waals surface area contributed by atoms with E-state index in [2.05, 4.69) is 5.32 Å². The Balaban J connectivity index is 2.41. The van der Waals surface area contributed by atoms with Crippen molar-refractivity contribution >= 4 is 39.1 Å². The molecule has 9 heteroatoms. The first-order valence-electron chi connectivity index (χ1n) is 10.9. The molecule has 0 saturated carbocycles. The molecule has 0 aliphatic rings. The highest BCUT2D eigenvalue weighted by Gasteiger charge is 2.32. The van der Waals surface area contributed by atoms with Gasteiger partial charge in [0, 0.05) is 18.1 Å². The fraction of sp³-hybridized carbons (Fsp3) is 0.417. The van der Waals surface area contributed by atoms with E-state index in [4.69, 9.17) is 11.6 Å². The molecule has 2 amide bonds. The van der Waals surface area contributed by atoms with Crippen molar-refractivity contribution in [3.63, 3.8) is 0 Å². The lowest BCUT2D eigenvalue weighted by Crippen LogP contribution is -2.52. The van der Waals surface area contributed by atoms with E-state index >= 15 is 0 Å². The average molecular weight is 494 g/mol. The number of nitrogens with zero attached hydrogens (tertiary/aromatic N) is 2. The van der Waals surface area contributed by atoms with Crippen LogP contribution in [-0.4, -0.2) is 50.5 Å². The molecule has 0 fully saturated rings. The van der Waals surface area contributed by atoms with E-state index in [9.17, 15) is 18.0 Å². The number of amides is 2. The molecular weight excluding hydrogens is 462 g/mol. The lowest BCUT2D eigenvalue weighted by Gasteiger charge is -2.33. The standard InChI is InChI=1S/C24H32ClN3O4S/c1-5-22(24(30)26-15-18(2)3)27(16-19-11-9-10-14-21(19)25)23(29)17-28(33(4,31)32)20-12-7-6-8-13-20/h6-14,18,22H,5,15-17H2,1-4H3,(H,26,30)/t22-/m1/s1. The second-order valence-corrected chi connectivity index (χ2v) is 10.6. The summed E-state index contributed by atoms with van der Waals surface area (Å²) in [6, 6.07) is 14.7. The van der Waals surface area contributed by atoms with Crippen molar-refractivity contribution in [3.05, 3.63) is 65.2 Å². The lowest BCUT2D eigenvalue weighted by molar-refractivity contribution is -0.140. The predicted molar refractivity (Wildman–Crippen MR) is 133 cm³/mol. The van der Waals surface area contributed by atoms with Crippen molar-refractivity contribution < 1.29 is 18.0 Å². The lowest BCUT2D eigenvalue weighted by atomic mass is 10.1. The molecule has 1 atom stereocenters. The molecule has 0 saturated heterocycles. The zero-order valence-corrected chi connectivity index (χ0v) is 21.1. The van der Waals surface area contributed by atoms with Gasteiger partial charge in [-0.2, -0.15) is 0 Å². The highest BCUT2D eigenvalue weighted by Crippen LogP contribution is 2.22. The minimum absolute atomic E-state index is 0.0818. The first-order chi connectivity index (χ1) is 15.5. The van der Waals surface area contributed by atoms with Gasteiger partial charge in [-0.25, -0.2) is 8.42 Å². The molecule has 0 radical (unpaired) electrons. The third-order valence-electron chi connectivity index (χ3n) is 5.09. The topological polar surface area (TPSA) is 86.8 Å². The van der Waals surface area contributed by atoms with Crippen LogP contribution in [0.1, 0.15) is 32.8 Å². The van der Waals surface area contributed by atoms with Crippen LogP contribution in [0.4, 0.5) is 5.69 Å². The third-order valence-corrected chi connectivity index (χ3v) is 6.60. The van der Waals surface area contributed by atoms with Crippen LogP contribution in [0.3, 0.4) is 0 Å². The fourth-order valence-electron chi connectivity index (χ4n) is 3.36. The molecule has 2 rings (SSSR count). The highest BCUT2D eigenvalue weighted by molar-refractivity contribution is 7.92. The van der Waals surface area contributed by atoms with Crippen molar-refractivity contribution in [2.75, 3.05) is 23.7 Å². The Bertz CT molecular complexity index is 1040. The number of anilines is 1. The first kappa shape index (κ1) is 26.7. The smallest absolute Gasteiger partial charge is 0.244 e. The normalized spacial score (nSPS) is 12.3. The number of para-hydroxylation sites is 1.